The summed E-state index contributed by atoms with van der Waals surface area (Å²) in [5.74, 6) is 0. The maximum atomic E-state index is 5.99. The first-order valence-electron chi connectivity index (χ1n) is 4.38. The molecular weight excluding hydrogens is 140 g/mol. The van der Waals surface area contributed by atoms with Crippen LogP contribution < -0.4 is 11.1 Å². The van der Waals surface area contributed by atoms with Crippen molar-refractivity contribution in [2.75, 3.05) is 26.3 Å². The summed E-state index contributed by atoms with van der Waals surface area (Å²) in [5.41, 5.74) is 6.32. The highest BCUT2D eigenvalue weighted by molar-refractivity contribution is 4.96. The predicted octanol–water partition coefficient (Wildman–Crippen LogP) is -0.286. The van der Waals surface area contributed by atoms with Gasteiger partial charge in [0.15, 0.2) is 0 Å². The van der Waals surface area contributed by atoms with Crippen molar-refractivity contribution >= 4 is 0 Å². The van der Waals surface area contributed by atoms with E-state index in [-0.39, 0.29) is 6.04 Å². The zero-order chi connectivity index (χ0) is 7.73. The first-order chi connectivity index (χ1) is 5.33. The SMILES string of the molecule is N[C@H]1COCC12CCNCC2. The first kappa shape index (κ1) is 7.53. The average Bonchev–Trinajstić information content (AvgIpc) is 2.36. The van der Waals surface area contributed by atoms with Gasteiger partial charge in [-0.3, -0.25) is 0 Å². The van der Waals surface area contributed by atoms with Crippen molar-refractivity contribution in [3.8, 4) is 0 Å². The van der Waals surface area contributed by atoms with E-state index >= 15 is 0 Å². The van der Waals surface area contributed by atoms with Crippen LogP contribution in [0, 0.1) is 5.41 Å². The molecule has 1 atom stereocenters. The lowest BCUT2D eigenvalue weighted by Crippen LogP contribution is -2.47. The Morgan fingerprint density at radius 3 is 2.64 bits per heavy atom. The fourth-order valence-electron chi connectivity index (χ4n) is 2.11. The Morgan fingerprint density at radius 2 is 2.09 bits per heavy atom. The van der Waals surface area contributed by atoms with E-state index in [0.717, 1.165) is 26.3 Å². The van der Waals surface area contributed by atoms with E-state index in [2.05, 4.69) is 5.32 Å². The molecule has 0 radical (unpaired) electrons. The van der Waals surface area contributed by atoms with Crippen LogP contribution in [0.4, 0.5) is 0 Å². The minimum Gasteiger partial charge on any atom is -0.379 e. The summed E-state index contributed by atoms with van der Waals surface area (Å²) >= 11 is 0. The van der Waals surface area contributed by atoms with Crippen molar-refractivity contribution < 1.29 is 4.74 Å². The zero-order valence-electron chi connectivity index (χ0n) is 6.81. The molecule has 0 aromatic carbocycles. The summed E-state index contributed by atoms with van der Waals surface area (Å²) in [6, 6.07) is 0.282. The minimum absolute atomic E-state index is 0.282. The first-order valence-corrected chi connectivity index (χ1v) is 4.38. The van der Waals surface area contributed by atoms with Gasteiger partial charge in [-0.1, -0.05) is 0 Å². The van der Waals surface area contributed by atoms with E-state index in [4.69, 9.17) is 10.5 Å². The van der Waals surface area contributed by atoms with Crippen LogP contribution in [-0.4, -0.2) is 32.3 Å². The monoisotopic (exact) mass is 156 g/mol. The van der Waals surface area contributed by atoms with E-state index in [1.807, 2.05) is 0 Å². The highest BCUT2D eigenvalue weighted by Gasteiger charge is 2.42. The number of ether oxygens (including phenoxy) is 1. The maximum absolute atomic E-state index is 5.99. The zero-order valence-corrected chi connectivity index (χ0v) is 6.81. The quantitative estimate of drug-likeness (QED) is 0.507. The van der Waals surface area contributed by atoms with Crippen molar-refractivity contribution in [2.45, 2.75) is 18.9 Å². The molecule has 2 fully saturated rings. The Bertz CT molecular complexity index is 143. The van der Waals surface area contributed by atoms with Gasteiger partial charge >= 0.3 is 0 Å². The highest BCUT2D eigenvalue weighted by atomic mass is 16.5. The van der Waals surface area contributed by atoms with Crippen LogP contribution in [0.5, 0.6) is 0 Å². The van der Waals surface area contributed by atoms with E-state index in [0.29, 0.717) is 5.41 Å². The van der Waals surface area contributed by atoms with Crippen molar-refractivity contribution in [1.29, 1.82) is 0 Å². The molecule has 1 spiro atoms. The Hall–Kier alpha value is -0.120. The minimum atomic E-state index is 0.282. The molecule has 0 aromatic rings. The van der Waals surface area contributed by atoms with Gasteiger partial charge in [0.2, 0.25) is 0 Å². The van der Waals surface area contributed by atoms with Crippen LogP contribution in [-0.2, 0) is 4.74 Å². The molecule has 0 aliphatic carbocycles. The van der Waals surface area contributed by atoms with E-state index in [1.165, 1.54) is 12.8 Å². The van der Waals surface area contributed by atoms with Crippen molar-refractivity contribution in [3.63, 3.8) is 0 Å². The van der Waals surface area contributed by atoms with Gasteiger partial charge in [-0.15, -0.1) is 0 Å². The molecule has 3 heteroatoms. The van der Waals surface area contributed by atoms with Gasteiger partial charge in [0.05, 0.1) is 13.2 Å². The number of piperidine rings is 1. The number of hydrogen-bond donors (Lipinski definition) is 2. The molecule has 0 aromatic heterocycles. The summed E-state index contributed by atoms with van der Waals surface area (Å²) in [4.78, 5) is 0. The number of hydrogen-bond acceptors (Lipinski definition) is 3. The Labute approximate surface area is 67.3 Å². The van der Waals surface area contributed by atoms with Crippen molar-refractivity contribution in [3.05, 3.63) is 0 Å². The topological polar surface area (TPSA) is 47.3 Å². The summed E-state index contributed by atoms with van der Waals surface area (Å²) in [6.07, 6.45) is 2.38. The lowest BCUT2D eigenvalue weighted by Gasteiger charge is -2.35. The molecule has 0 saturated carbocycles. The van der Waals surface area contributed by atoms with Gasteiger partial charge in [0, 0.05) is 11.5 Å². The second kappa shape index (κ2) is 2.73. The largest absolute Gasteiger partial charge is 0.379 e. The molecule has 0 bridgehead atoms. The third-order valence-corrected chi connectivity index (χ3v) is 3.07. The third kappa shape index (κ3) is 1.17. The molecule has 2 aliphatic rings. The van der Waals surface area contributed by atoms with Crippen molar-refractivity contribution in [1.82, 2.24) is 5.32 Å². The molecule has 0 amide bonds. The van der Waals surface area contributed by atoms with Crippen LogP contribution in [0.25, 0.3) is 0 Å². The number of nitrogens with two attached hydrogens (primary N) is 1. The van der Waals surface area contributed by atoms with Crippen LogP contribution in [0.3, 0.4) is 0 Å². The van der Waals surface area contributed by atoms with Crippen LogP contribution >= 0.6 is 0 Å². The lowest BCUT2D eigenvalue weighted by molar-refractivity contribution is 0.126. The van der Waals surface area contributed by atoms with Gasteiger partial charge in [-0.05, 0) is 25.9 Å². The van der Waals surface area contributed by atoms with E-state index < -0.39 is 0 Å². The number of nitrogens with one attached hydrogen (secondary N) is 1. The number of rotatable bonds is 0. The van der Waals surface area contributed by atoms with Crippen molar-refractivity contribution in [2.24, 2.45) is 11.1 Å². The van der Waals surface area contributed by atoms with Gasteiger partial charge in [-0.25, -0.2) is 0 Å². The second-order valence-corrected chi connectivity index (χ2v) is 3.73. The molecule has 2 heterocycles. The van der Waals surface area contributed by atoms with Crippen LogP contribution in [0.2, 0.25) is 0 Å². The average molecular weight is 156 g/mol. The van der Waals surface area contributed by atoms with Gasteiger partial charge in [0.1, 0.15) is 0 Å². The molecule has 2 rings (SSSR count). The van der Waals surface area contributed by atoms with E-state index in [9.17, 15) is 0 Å². The second-order valence-electron chi connectivity index (χ2n) is 3.73. The molecule has 64 valence electrons. The Balaban J connectivity index is 2.06. The smallest absolute Gasteiger partial charge is 0.0624 e. The highest BCUT2D eigenvalue weighted by Crippen LogP contribution is 2.36. The normalized spacial score (nSPS) is 36.3. The molecule has 2 saturated heterocycles. The maximum Gasteiger partial charge on any atom is 0.0624 e. The Kier molecular flexibility index (Phi) is 1.87. The molecule has 0 unspecified atom stereocenters. The molecule has 2 aliphatic heterocycles. The fraction of sp³-hybridized carbons (Fsp3) is 1.00. The molecule has 11 heavy (non-hydrogen) atoms. The Morgan fingerprint density at radius 1 is 1.36 bits per heavy atom. The molecule has 3 nitrogen and oxygen atoms in total. The van der Waals surface area contributed by atoms with Gasteiger partial charge < -0.3 is 15.8 Å². The van der Waals surface area contributed by atoms with Crippen LogP contribution in [0.1, 0.15) is 12.8 Å². The predicted molar refractivity (Wildman–Crippen MR) is 43.3 cm³/mol. The summed E-state index contributed by atoms with van der Waals surface area (Å²) < 4.78 is 5.40. The molecule has 3 N–H and O–H groups in total. The lowest BCUT2D eigenvalue weighted by atomic mass is 9.75. The van der Waals surface area contributed by atoms with E-state index in [1.54, 1.807) is 0 Å². The summed E-state index contributed by atoms with van der Waals surface area (Å²) in [7, 11) is 0. The van der Waals surface area contributed by atoms with Gasteiger partial charge in [-0.2, -0.15) is 0 Å². The molecular formula is C8H16N2O. The third-order valence-electron chi connectivity index (χ3n) is 3.07. The summed E-state index contributed by atoms with van der Waals surface area (Å²) in [6.45, 7) is 3.87. The standard InChI is InChI=1S/C8H16N2O/c9-7-5-11-6-8(7)1-3-10-4-2-8/h7,10H,1-6,9H2/t7-/m0/s1. The van der Waals surface area contributed by atoms with Crippen LogP contribution in [0.15, 0.2) is 0 Å². The fourth-order valence-corrected chi connectivity index (χ4v) is 2.11. The van der Waals surface area contributed by atoms with Gasteiger partial charge in [0.25, 0.3) is 0 Å². The summed E-state index contributed by atoms with van der Waals surface area (Å²) in [5, 5.41) is 3.35.